The Morgan fingerprint density at radius 1 is 1.33 bits per heavy atom. The summed E-state index contributed by atoms with van der Waals surface area (Å²) in [6.07, 6.45) is 1.37. The number of aromatic nitrogens is 1. The van der Waals surface area contributed by atoms with Gasteiger partial charge in [0.15, 0.2) is 0 Å². The molecule has 1 amide bonds. The predicted molar refractivity (Wildman–Crippen MR) is 79.8 cm³/mol. The van der Waals surface area contributed by atoms with Crippen molar-refractivity contribution in [3.8, 4) is 0 Å². The van der Waals surface area contributed by atoms with E-state index in [1.165, 1.54) is 36.5 Å². The van der Waals surface area contributed by atoms with E-state index in [0.29, 0.717) is 11.5 Å². The summed E-state index contributed by atoms with van der Waals surface area (Å²) in [6, 6.07) is 7.03. The number of nitrogens with one attached hydrogen (secondary N) is 2. The van der Waals surface area contributed by atoms with Crippen LogP contribution in [0.25, 0.3) is 0 Å². The average Bonchev–Trinajstić information content (AvgIpc) is 2.48. The molecule has 0 aliphatic rings. The largest absolute Gasteiger partial charge is 0.373 e. The summed E-state index contributed by atoms with van der Waals surface area (Å²) in [6.45, 7) is 0. The summed E-state index contributed by atoms with van der Waals surface area (Å²) in [4.78, 5) is 26.2. The predicted octanol–water partition coefficient (Wildman–Crippen LogP) is 2.94. The fourth-order valence-corrected chi connectivity index (χ4v) is 1.80. The van der Waals surface area contributed by atoms with Crippen LogP contribution in [-0.4, -0.2) is 22.9 Å². The maximum atomic E-state index is 12.1. The van der Waals surface area contributed by atoms with Gasteiger partial charge in [-0.05, 0) is 18.2 Å². The Morgan fingerprint density at radius 3 is 2.57 bits per heavy atom. The fraction of sp³-hybridized carbons (Fsp3) is 0.0769. The highest BCUT2D eigenvalue weighted by Gasteiger charge is 2.13. The van der Waals surface area contributed by atoms with Crippen molar-refractivity contribution in [3.63, 3.8) is 0 Å². The minimum atomic E-state index is -0.509. The number of carbonyl (C=O) groups excluding carboxylic acids is 1. The van der Waals surface area contributed by atoms with Gasteiger partial charge in [-0.25, -0.2) is 4.98 Å². The molecule has 2 rings (SSSR count). The molecule has 2 N–H and O–H groups in total. The van der Waals surface area contributed by atoms with Gasteiger partial charge in [0.2, 0.25) is 0 Å². The minimum Gasteiger partial charge on any atom is -0.373 e. The van der Waals surface area contributed by atoms with E-state index >= 15 is 0 Å². The molecule has 108 valence electrons. The number of nitro benzene ring substituents is 1. The molecular formula is C13H11ClN4O3. The summed E-state index contributed by atoms with van der Waals surface area (Å²) in [5.74, 6) is 0.0843. The first-order valence-corrected chi connectivity index (χ1v) is 6.28. The van der Waals surface area contributed by atoms with E-state index in [9.17, 15) is 14.9 Å². The van der Waals surface area contributed by atoms with Crippen LogP contribution in [0.5, 0.6) is 0 Å². The number of amides is 1. The van der Waals surface area contributed by atoms with Crippen molar-refractivity contribution >= 4 is 34.7 Å². The molecule has 2 aromatic rings. The molecule has 21 heavy (non-hydrogen) atoms. The molecule has 0 aliphatic heterocycles. The highest BCUT2D eigenvalue weighted by Crippen LogP contribution is 2.20. The van der Waals surface area contributed by atoms with Crippen LogP contribution >= 0.6 is 11.6 Å². The van der Waals surface area contributed by atoms with E-state index in [4.69, 9.17) is 11.6 Å². The van der Waals surface area contributed by atoms with Crippen molar-refractivity contribution in [2.45, 2.75) is 0 Å². The van der Waals surface area contributed by atoms with Crippen molar-refractivity contribution in [1.29, 1.82) is 0 Å². The number of hydrogen-bond acceptors (Lipinski definition) is 5. The fourth-order valence-electron chi connectivity index (χ4n) is 1.61. The zero-order valence-corrected chi connectivity index (χ0v) is 11.7. The Hall–Kier alpha value is -2.67. The van der Waals surface area contributed by atoms with Crippen LogP contribution in [0.4, 0.5) is 17.2 Å². The summed E-state index contributed by atoms with van der Waals surface area (Å²) in [5, 5.41) is 16.2. The van der Waals surface area contributed by atoms with E-state index in [-0.39, 0.29) is 16.3 Å². The maximum Gasteiger partial charge on any atom is 0.269 e. The number of nitro groups is 1. The summed E-state index contributed by atoms with van der Waals surface area (Å²) >= 11 is 5.94. The molecule has 0 spiro atoms. The molecule has 7 nitrogen and oxygen atoms in total. The number of anilines is 2. The number of benzene rings is 1. The van der Waals surface area contributed by atoms with Gasteiger partial charge >= 0.3 is 0 Å². The van der Waals surface area contributed by atoms with Crippen LogP contribution in [0.15, 0.2) is 36.5 Å². The molecule has 0 fully saturated rings. The first-order chi connectivity index (χ1) is 10.0. The number of pyridine rings is 1. The molecule has 8 heteroatoms. The Kier molecular flexibility index (Phi) is 4.34. The van der Waals surface area contributed by atoms with Crippen LogP contribution in [0, 0.1) is 10.1 Å². The zero-order valence-electron chi connectivity index (χ0n) is 11.0. The number of hydrogen-bond donors (Lipinski definition) is 2. The lowest BCUT2D eigenvalue weighted by Crippen LogP contribution is -2.13. The highest BCUT2D eigenvalue weighted by atomic mass is 35.5. The minimum absolute atomic E-state index is 0.0487. The van der Waals surface area contributed by atoms with Crippen LogP contribution < -0.4 is 10.6 Å². The maximum absolute atomic E-state index is 12.1. The number of nitrogens with zero attached hydrogens (tertiary/aromatic N) is 2. The summed E-state index contributed by atoms with van der Waals surface area (Å²) in [7, 11) is 1.67. The third kappa shape index (κ3) is 3.46. The van der Waals surface area contributed by atoms with E-state index in [1.807, 2.05) is 0 Å². The smallest absolute Gasteiger partial charge is 0.269 e. The molecule has 0 saturated heterocycles. The molecular weight excluding hydrogens is 296 g/mol. The monoisotopic (exact) mass is 306 g/mol. The molecule has 0 unspecified atom stereocenters. The molecule has 1 aromatic carbocycles. The average molecular weight is 307 g/mol. The van der Waals surface area contributed by atoms with Gasteiger partial charge in [-0.2, -0.15) is 0 Å². The van der Waals surface area contributed by atoms with Gasteiger partial charge in [0.25, 0.3) is 11.6 Å². The van der Waals surface area contributed by atoms with Gasteiger partial charge in [-0.3, -0.25) is 14.9 Å². The first-order valence-electron chi connectivity index (χ1n) is 5.90. The Balaban J connectivity index is 2.19. The summed E-state index contributed by atoms with van der Waals surface area (Å²) in [5.41, 5.74) is 0.645. The van der Waals surface area contributed by atoms with E-state index in [0.717, 1.165) is 0 Å². The number of non-ortho nitro benzene ring substituents is 1. The standard InChI is InChI=1S/C13H11ClN4O3/c1-15-12-6-10(11(14)7-16-12)13(19)17-8-2-4-9(5-3-8)18(20)21/h2-7H,1H3,(H,15,16)(H,17,19). The van der Waals surface area contributed by atoms with Gasteiger partial charge in [-0.15, -0.1) is 0 Å². The second-order valence-corrected chi connectivity index (χ2v) is 4.46. The third-order valence-corrected chi connectivity index (χ3v) is 2.99. The lowest BCUT2D eigenvalue weighted by Gasteiger charge is -2.08. The van der Waals surface area contributed by atoms with Gasteiger partial charge in [-0.1, -0.05) is 11.6 Å². The van der Waals surface area contributed by atoms with E-state index in [1.54, 1.807) is 7.05 Å². The third-order valence-electron chi connectivity index (χ3n) is 2.69. The van der Waals surface area contributed by atoms with Crippen LogP contribution in [-0.2, 0) is 0 Å². The lowest BCUT2D eigenvalue weighted by atomic mass is 10.2. The van der Waals surface area contributed by atoms with Gasteiger partial charge in [0.05, 0.1) is 15.5 Å². The molecule has 0 bridgehead atoms. The first kappa shape index (κ1) is 14.7. The van der Waals surface area contributed by atoms with Crippen molar-refractivity contribution < 1.29 is 9.72 Å². The van der Waals surface area contributed by atoms with Crippen molar-refractivity contribution in [2.24, 2.45) is 0 Å². The number of halogens is 1. The van der Waals surface area contributed by atoms with Crippen molar-refractivity contribution in [3.05, 3.63) is 57.2 Å². The van der Waals surface area contributed by atoms with Gasteiger partial charge < -0.3 is 10.6 Å². The molecule has 0 atom stereocenters. The molecule has 1 aromatic heterocycles. The zero-order chi connectivity index (χ0) is 15.4. The summed E-state index contributed by atoms with van der Waals surface area (Å²) < 4.78 is 0. The quantitative estimate of drug-likeness (QED) is 0.668. The van der Waals surface area contributed by atoms with Crippen LogP contribution in [0.2, 0.25) is 5.02 Å². The van der Waals surface area contributed by atoms with Gasteiger partial charge in [0, 0.05) is 31.1 Å². The number of rotatable bonds is 4. The molecule has 0 aliphatic carbocycles. The number of carbonyl (C=O) groups is 1. The lowest BCUT2D eigenvalue weighted by molar-refractivity contribution is -0.384. The van der Waals surface area contributed by atoms with E-state index in [2.05, 4.69) is 15.6 Å². The van der Waals surface area contributed by atoms with Crippen molar-refractivity contribution in [1.82, 2.24) is 4.98 Å². The normalized spacial score (nSPS) is 10.0. The van der Waals surface area contributed by atoms with Crippen LogP contribution in [0.3, 0.4) is 0 Å². The van der Waals surface area contributed by atoms with E-state index < -0.39 is 10.8 Å². The SMILES string of the molecule is CNc1cc(C(=O)Nc2ccc([N+](=O)[O-])cc2)c(Cl)cn1. The highest BCUT2D eigenvalue weighted by molar-refractivity contribution is 6.34. The Labute approximate surface area is 125 Å². The Bertz CT molecular complexity index is 688. The molecule has 0 saturated carbocycles. The second kappa shape index (κ2) is 6.19. The van der Waals surface area contributed by atoms with Crippen LogP contribution in [0.1, 0.15) is 10.4 Å². The topological polar surface area (TPSA) is 97.2 Å². The Morgan fingerprint density at radius 2 is 2.00 bits per heavy atom. The second-order valence-electron chi connectivity index (χ2n) is 4.06. The molecule has 1 heterocycles. The van der Waals surface area contributed by atoms with Crippen molar-refractivity contribution in [2.75, 3.05) is 17.7 Å². The molecule has 0 radical (unpaired) electrons. The van der Waals surface area contributed by atoms with Gasteiger partial charge in [0.1, 0.15) is 5.82 Å².